The molecule has 2 unspecified atom stereocenters. The van der Waals surface area contributed by atoms with E-state index in [0.29, 0.717) is 18.4 Å². The molecule has 1 saturated heterocycles. The molecule has 1 heterocycles. The number of benzene rings is 3. The van der Waals surface area contributed by atoms with E-state index in [2.05, 4.69) is 23.9 Å². The molecule has 10 heteroatoms. The quantitative estimate of drug-likeness (QED) is 0.119. The van der Waals surface area contributed by atoms with E-state index < -0.39 is 49.1 Å². The Balaban J connectivity index is 1.61. The van der Waals surface area contributed by atoms with Crippen LogP contribution in [0, 0.1) is 0 Å². The molecule has 3 aromatic carbocycles. The monoisotopic (exact) mass is 577 g/mol. The molecule has 0 aromatic heterocycles. The number of nitrogens with zero attached hydrogens (tertiary/aromatic N) is 3. The zero-order valence-corrected chi connectivity index (χ0v) is 24.6. The first-order valence-electron chi connectivity index (χ1n) is 13.2. The van der Waals surface area contributed by atoms with Gasteiger partial charge in [-0.25, -0.2) is 4.79 Å². The highest BCUT2D eigenvalue weighted by atomic mass is 32.2. The van der Waals surface area contributed by atoms with E-state index in [1.165, 1.54) is 11.8 Å². The molecule has 40 heavy (non-hydrogen) atoms. The smallest absolute Gasteiger partial charge is 0.338 e. The first-order chi connectivity index (χ1) is 19.2. The van der Waals surface area contributed by atoms with E-state index >= 15 is 0 Å². The lowest BCUT2D eigenvalue weighted by Crippen LogP contribution is -2.65. The zero-order valence-electron chi connectivity index (χ0n) is 22.8. The molecule has 4 rings (SSSR count). The van der Waals surface area contributed by atoms with Gasteiger partial charge in [-0.1, -0.05) is 97.8 Å². The van der Waals surface area contributed by atoms with Crippen LogP contribution in [0.3, 0.4) is 0 Å². The second-order valence-electron chi connectivity index (χ2n) is 10.6. The van der Waals surface area contributed by atoms with Crippen molar-refractivity contribution in [1.82, 2.24) is 0 Å². The van der Waals surface area contributed by atoms with Gasteiger partial charge >= 0.3 is 5.97 Å². The number of carbonyl (C=O) groups is 1. The van der Waals surface area contributed by atoms with Crippen molar-refractivity contribution in [2.75, 3.05) is 6.26 Å². The molecular formula is C30H35N3O5SSi. The summed E-state index contributed by atoms with van der Waals surface area (Å²) in [5.74, 6) is -0.612. The average Bonchev–Trinajstić information content (AvgIpc) is 2.99. The van der Waals surface area contributed by atoms with Gasteiger partial charge < -0.3 is 19.4 Å². The number of ether oxygens (including phenoxy) is 2. The van der Waals surface area contributed by atoms with Crippen LogP contribution in [0.4, 0.5) is 0 Å². The fraction of sp³-hybridized carbons (Fsp3) is 0.367. The Kier molecular flexibility index (Phi) is 9.73. The fourth-order valence-corrected chi connectivity index (χ4v) is 9.91. The van der Waals surface area contributed by atoms with Crippen LogP contribution >= 0.6 is 11.8 Å². The molecule has 0 amide bonds. The van der Waals surface area contributed by atoms with Crippen molar-refractivity contribution in [3.8, 4) is 0 Å². The number of hydrogen-bond donors (Lipinski definition) is 2. The maximum Gasteiger partial charge on any atom is 0.338 e. The Labute approximate surface area is 240 Å². The molecule has 210 valence electrons. The van der Waals surface area contributed by atoms with Crippen molar-refractivity contribution in [3.05, 3.63) is 107 Å². The van der Waals surface area contributed by atoms with Crippen LogP contribution in [0.25, 0.3) is 10.4 Å². The first-order valence-corrected chi connectivity index (χ1v) is 16.5. The second-order valence-corrected chi connectivity index (χ2v) is 15.4. The molecule has 3 aromatic rings. The van der Waals surface area contributed by atoms with Crippen molar-refractivity contribution in [3.63, 3.8) is 0 Å². The SMILES string of the molecule is CS[C@@H]1OC(CCC(C)(C)[Si](O)(c2ccccc2)c2ccccc2)[C@@H](O)[C@H](OC(=O)c2ccccc2)C1N=[N+]=[N-]. The molecule has 1 fully saturated rings. The third kappa shape index (κ3) is 6.12. The van der Waals surface area contributed by atoms with Crippen LogP contribution in [-0.4, -0.2) is 60.2 Å². The summed E-state index contributed by atoms with van der Waals surface area (Å²) in [7, 11) is -3.27. The molecule has 0 saturated carbocycles. The van der Waals surface area contributed by atoms with Crippen molar-refractivity contribution < 1.29 is 24.2 Å². The van der Waals surface area contributed by atoms with E-state index in [1.54, 1.807) is 30.3 Å². The van der Waals surface area contributed by atoms with E-state index in [1.807, 2.05) is 66.9 Å². The predicted molar refractivity (Wildman–Crippen MR) is 160 cm³/mol. The van der Waals surface area contributed by atoms with Crippen molar-refractivity contribution in [2.24, 2.45) is 5.11 Å². The summed E-state index contributed by atoms with van der Waals surface area (Å²) >= 11 is 1.33. The molecule has 0 bridgehead atoms. The number of aliphatic hydroxyl groups is 1. The fourth-order valence-electron chi connectivity index (χ4n) is 5.41. The number of aliphatic hydroxyl groups excluding tert-OH is 1. The summed E-state index contributed by atoms with van der Waals surface area (Å²) in [5.41, 5.74) is 8.93. The molecule has 5 atom stereocenters. The molecule has 2 N–H and O–H groups in total. The van der Waals surface area contributed by atoms with Gasteiger partial charge in [0.2, 0.25) is 0 Å². The summed E-state index contributed by atoms with van der Waals surface area (Å²) in [5, 5.41) is 16.5. The summed E-state index contributed by atoms with van der Waals surface area (Å²) in [4.78, 5) is 28.4. The summed E-state index contributed by atoms with van der Waals surface area (Å²) in [6.07, 6.45) is -0.306. The lowest BCUT2D eigenvalue weighted by Gasteiger charge is -2.45. The topological polar surface area (TPSA) is 125 Å². The Hall–Kier alpha value is -3.11. The number of hydrogen-bond acceptors (Lipinski definition) is 7. The van der Waals surface area contributed by atoms with Crippen LogP contribution in [-0.2, 0) is 9.47 Å². The van der Waals surface area contributed by atoms with Crippen molar-refractivity contribution in [1.29, 1.82) is 0 Å². The highest BCUT2D eigenvalue weighted by molar-refractivity contribution is 7.99. The second kappa shape index (κ2) is 13.0. The Morgan fingerprint density at radius 1 is 1.02 bits per heavy atom. The number of carbonyl (C=O) groups excluding carboxylic acids is 1. The molecule has 8 nitrogen and oxygen atoms in total. The molecule has 0 aliphatic carbocycles. The number of thioether (sulfide) groups is 1. The minimum Gasteiger partial charge on any atom is -0.455 e. The van der Waals surface area contributed by atoms with Crippen LogP contribution in [0.1, 0.15) is 37.0 Å². The maximum atomic E-state index is 12.9. The maximum absolute atomic E-state index is 12.9. The van der Waals surface area contributed by atoms with Crippen LogP contribution in [0.15, 0.2) is 96.1 Å². The predicted octanol–water partition coefficient (Wildman–Crippen LogP) is 4.65. The Morgan fingerprint density at radius 3 is 2.05 bits per heavy atom. The van der Waals surface area contributed by atoms with Crippen LogP contribution in [0.2, 0.25) is 5.04 Å². The number of azide groups is 1. The van der Waals surface area contributed by atoms with Crippen LogP contribution < -0.4 is 10.4 Å². The first kappa shape index (κ1) is 29.9. The van der Waals surface area contributed by atoms with Gasteiger partial charge in [0.25, 0.3) is 8.32 Å². The largest absolute Gasteiger partial charge is 0.455 e. The minimum absolute atomic E-state index is 0.334. The summed E-state index contributed by atoms with van der Waals surface area (Å²) in [6.45, 7) is 4.10. The average molecular weight is 578 g/mol. The molecule has 0 radical (unpaired) electrons. The van der Waals surface area contributed by atoms with Crippen molar-refractivity contribution >= 4 is 36.4 Å². The van der Waals surface area contributed by atoms with Gasteiger partial charge in [0.1, 0.15) is 23.7 Å². The van der Waals surface area contributed by atoms with Gasteiger partial charge in [0.05, 0.1) is 11.7 Å². The molecule has 0 spiro atoms. The van der Waals surface area contributed by atoms with Gasteiger partial charge in [-0.15, -0.1) is 11.8 Å². The van der Waals surface area contributed by atoms with E-state index in [4.69, 9.17) is 9.47 Å². The van der Waals surface area contributed by atoms with Gasteiger partial charge in [0.15, 0.2) is 0 Å². The highest BCUT2D eigenvalue weighted by Crippen LogP contribution is 2.42. The molecule has 1 aliphatic rings. The van der Waals surface area contributed by atoms with Gasteiger partial charge in [-0.05, 0) is 52.2 Å². The third-order valence-corrected chi connectivity index (χ3v) is 13.1. The normalized spacial score (nSPS) is 23.2. The highest BCUT2D eigenvalue weighted by Gasteiger charge is 2.52. The summed E-state index contributed by atoms with van der Waals surface area (Å²) in [6, 6.07) is 27.1. The van der Waals surface area contributed by atoms with Crippen molar-refractivity contribution in [2.45, 2.75) is 61.5 Å². The van der Waals surface area contributed by atoms with Gasteiger partial charge in [-0.3, -0.25) is 0 Å². The minimum atomic E-state index is -3.27. The van der Waals surface area contributed by atoms with E-state index in [-0.39, 0.29) is 0 Å². The number of rotatable bonds is 10. The number of esters is 1. The Morgan fingerprint density at radius 2 is 1.55 bits per heavy atom. The van der Waals surface area contributed by atoms with Crippen LogP contribution in [0.5, 0.6) is 0 Å². The zero-order chi connectivity index (χ0) is 28.8. The lowest BCUT2D eigenvalue weighted by atomic mass is 9.92. The lowest BCUT2D eigenvalue weighted by molar-refractivity contribution is -0.159. The van der Waals surface area contributed by atoms with E-state index in [9.17, 15) is 20.2 Å². The Bertz CT molecular complexity index is 1270. The van der Waals surface area contributed by atoms with E-state index in [0.717, 1.165) is 10.4 Å². The van der Waals surface area contributed by atoms with Gasteiger partial charge in [-0.2, -0.15) is 0 Å². The summed E-state index contributed by atoms with van der Waals surface area (Å²) < 4.78 is 12.0. The molecular weight excluding hydrogens is 542 g/mol. The molecule has 1 aliphatic heterocycles. The third-order valence-electron chi connectivity index (χ3n) is 7.73. The standard InChI is InChI=1S/C30H35N3O5SSi/c1-30(2,40(36,22-15-9-5-10-16-22)23-17-11-6-12-18-23)20-19-24-26(34)27(25(32-33-31)29(37-24)39-3)38-28(35)21-13-7-4-8-14-21/h4-18,24-27,29,34,36H,19-20H2,1-3H3/t24?,25?,26-,27-,29+/m1/s1. The van der Waals surface area contributed by atoms with Gasteiger partial charge in [0, 0.05) is 4.91 Å².